The predicted octanol–water partition coefficient (Wildman–Crippen LogP) is 3.15. The lowest BCUT2D eigenvalue weighted by Crippen LogP contribution is -2.44. The molecule has 1 fully saturated rings. The SMILES string of the molecule is CN1CCNCC1c1noc(-c2cc(Cl)ccc2Br)n1.Cl. The molecule has 0 amide bonds. The third-order valence-electron chi connectivity index (χ3n) is 3.41. The number of benzene rings is 1. The number of hydrogen-bond donors (Lipinski definition) is 1. The Morgan fingerprint density at radius 2 is 2.29 bits per heavy atom. The molecule has 21 heavy (non-hydrogen) atoms. The number of rotatable bonds is 2. The summed E-state index contributed by atoms with van der Waals surface area (Å²) in [6, 6.07) is 5.63. The Bertz CT molecular complexity index is 622. The van der Waals surface area contributed by atoms with Crippen molar-refractivity contribution in [2.75, 3.05) is 26.7 Å². The lowest BCUT2D eigenvalue weighted by Gasteiger charge is -2.30. The summed E-state index contributed by atoms with van der Waals surface area (Å²) in [5.41, 5.74) is 0.808. The third kappa shape index (κ3) is 3.57. The fourth-order valence-electron chi connectivity index (χ4n) is 2.24. The van der Waals surface area contributed by atoms with Crippen LogP contribution in [-0.2, 0) is 0 Å². The van der Waals surface area contributed by atoms with Crippen LogP contribution in [0.2, 0.25) is 5.02 Å². The van der Waals surface area contributed by atoms with Crippen molar-refractivity contribution in [3.05, 3.63) is 33.5 Å². The van der Waals surface area contributed by atoms with Crippen LogP contribution in [0.1, 0.15) is 11.9 Å². The average Bonchev–Trinajstić information content (AvgIpc) is 2.91. The van der Waals surface area contributed by atoms with Crippen LogP contribution in [0, 0.1) is 0 Å². The first-order chi connectivity index (χ1) is 9.65. The number of halogens is 3. The van der Waals surface area contributed by atoms with Crippen LogP contribution in [0.25, 0.3) is 11.5 Å². The molecule has 0 radical (unpaired) electrons. The van der Waals surface area contributed by atoms with Gasteiger partial charge < -0.3 is 9.84 Å². The Labute approximate surface area is 142 Å². The lowest BCUT2D eigenvalue weighted by atomic mass is 10.2. The largest absolute Gasteiger partial charge is 0.334 e. The highest BCUT2D eigenvalue weighted by atomic mass is 79.9. The average molecular weight is 394 g/mol. The van der Waals surface area contributed by atoms with Gasteiger partial charge in [0.2, 0.25) is 0 Å². The minimum atomic E-state index is 0. The minimum Gasteiger partial charge on any atom is -0.334 e. The highest BCUT2D eigenvalue weighted by Crippen LogP contribution is 2.30. The van der Waals surface area contributed by atoms with Crippen LogP contribution in [-0.4, -0.2) is 41.7 Å². The van der Waals surface area contributed by atoms with E-state index in [-0.39, 0.29) is 18.4 Å². The Morgan fingerprint density at radius 1 is 1.48 bits per heavy atom. The Morgan fingerprint density at radius 3 is 3.05 bits per heavy atom. The summed E-state index contributed by atoms with van der Waals surface area (Å²) in [5, 5.41) is 8.08. The van der Waals surface area contributed by atoms with E-state index in [0.717, 1.165) is 29.7 Å². The Balaban J connectivity index is 0.00000161. The molecule has 0 bridgehead atoms. The zero-order valence-corrected chi connectivity index (χ0v) is 14.5. The second-order valence-corrected chi connectivity index (χ2v) is 6.07. The third-order valence-corrected chi connectivity index (χ3v) is 4.34. The molecule has 8 heteroatoms. The summed E-state index contributed by atoms with van der Waals surface area (Å²) in [5.74, 6) is 1.18. The maximum Gasteiger partial charge on any atom is 0.259 e. The first kappa shape index (κ1) is 16.7. The van der Waals surface area contributed by atoms with E-state index >= 15 is 0 Å². The molecule has 0 spiro atoms. The van der Waals surface area contributed by atoms with Crippen molar-refractivity contribution >= 4 is 39.9 Å². The summed E-state index contributed by atoms with van der Waals surface area (Å²) < 4.78 is 6.27. The number of hydrogen-bond acceptors (Lipinski definition) is 5. The highest BCUT2D eigenvalue weighted by molar-refractivity contribution is 9.10. The number of nitrogens with zero attached hydrogens (tertiary/aromatic N) is 3. The first-order valence-corrected chi connectivity index (χ1v) is 7.52. The Kier molecular flexibility index (Phi) is 5.62. The molecule has 5 nitrogen and oxygen atoms in total. The molecular weight excluding hydrogens is 379 g/mol. The molecule has 0 saturated carbocycles. The van der Waals surface area contributed by atoms with Crippen LogP contribution >= 0.6 is 39.9 Å². The summed E-state index contributed by atoms with van der Waals surface area (Å²) in [6.07, 6.45) is 0. The molecule has 1 atom stereocenters. The number of nitrogens with one attached hydrogen (secondary N) is 1. The molecule has 1 aromatic carbocycles. The van der Waals surface area contributed by atoms with E-state index < -0.39 is 0 Å². The monoisotopic (exact) mass is 392 g/mol. The van der Waals surface area contributed by atoms with Crippen LogP contribution in [0.5, 0.6) is 0 Å². The van der Waals surface area contributed by atoms with Crippen LogP contribution < -0.4 is 5.32 Å². The van der Waals surface area contributed by atoms with Gasteiger partial charge in [0.25, 0.3) is 5.89 Å². The van der Waals surface area contributed by atoms with E-state index in [1.54, 1.807) is 0 Å². The van der Waals surface area contributed by atoms with Crippen LogP contribution in [0.15, 0.2) is 27.2 Å². The van der Waals surface area contributed by atoms with Crippen molar-refractivity contribution in [2.45, 2.75) is 6.04 Å². The van der Waals surface area contributed by atoms with Crippen LogP contribution in [0.3, 0.4) is 0 Å². The van der Waals surface area contributed by atoms with Crippen LogP contribution in [0.4, 0.5) is 0 Å². The Hall–Kier alpha value is -0.660. The van der Waals surface area contributed by atoms with Crippen molar-refractivity contribution in [2.24, 2.45) is 0 Å². The summed E-state index contributed by atoms with van der Waals surface area (Å²) in [6.45, 7) is 2.78. The lowest BCUT2D eigenvalue weighted by molar-refractivity contribution is 0.190. The van der Waals surface area contributed by atoms with E-state index in [4.69, 9.17) is 16.1 Å². The van der Waals surface area contributed by atoms with Gasteiger partial charge in [0.1, 0.15) is 0 Å². The molecule has 114 valence electrons. The normalized spacial score (nSPS) is 19.3. The molecule has 3 rings (SSSR count). The van der Waals surface area contributed by atoms with Crippen molar-refractivity contribution in [1.82, 2.24) is 20.4 Å². The van der Waals surface area contributed by atoms with Crippen molar-refractivity contribution in [1.29, 1.82) is 0 Å². The molecule has 1 aliphatic heterocycles. The van der Waals surface area contributed by atoms with Gasteiger partial charge >= 0.3 is 0 Å². The summed E-state index contributed by atoms with van der Waals surface area (Å²) in [7, 11) is 2.07. The quantitative estimate of drug-likeness (QED) is 0.849. The summed E-state index contributed by atoms with van der Waals surface area (Å²) in [4.78, 5) is 6.73. The van der Waals surface area contributed by atoms with Gasteiger partial charge in [0.05, 0.1) is 11.6 Å². The zero-order valence-electron chi connectivity index (χ0n) is 11.3. The van der Waals surface area contributed by atoms with Gasteiger partial charge in [-0.25, -0.2) is 0 Å². The topological polar surface area (TPSA) is 54.2 Å². The van der Waals surface area contributed by atoms with Gasteiger partial charge in [0, 0.05) is 29.1 Å². The predicted molar refractivity (Wildman–Crippen MR) is 87.9 cm³/mol. The van der Waals surface area contributed by atoms with E-state index in [1.165, 1.54) is 0 Å². The van der Waals surface area contributed by atoms with Gasteiger partial charge in [-0.3, -0.25) is 4.90 Å². The van der Waals surface area contributed by atoms with Gasteiger partial charge in [0.15, 0.2) is 5.82 Å². The maximum atomic E-state index is 6.02. The smallest absolute Gasteiger partial charge is 0.259 e. The fourth-order valence-corrected chi connectivity index (χ4v) is 2.82. The van der Waals surface area contributed by atoms with Gasteiger partial charge in [-0.1, -0.05) is 16.8 Å². The zero-order chi connectivity index (χ0) is 14.1. The number of piperazine rings is 1. The molecule has 2 heterocycles. The molecule has 1 N–H and O–H groups in total. The van der Waals surface area contributed by atoms with E-state index in [9.17, 15) is 0 Å². The highest BCUT2D eigenvalue weighted by Gasteiger charge is 2.25. The molecule has 1 saturated heterocycles. The molecule has 1 aliphatic rings. The van der Waals surface area contributed by atoms with Crippen molar-refractivity contribution in [3.63, 3.8) is 0 Å². The molecule has 1 aromatic heterocycles. The molecule has 0 aliphatic carbocycles. The van der Waals surface area contributed by atoms with Crippen molar-refractivity contribution < 1.29 is 4.52 Å². The van der Waals surface area contributed by atoms with Gasteiger partial charge in [-0.15, -0.1) is 12.4 Å². The number of likely N-dealkylation sites (N-methyl/N-ethyl adjacent to an activating group) is 1. The van der Waals surface area contributed by atoms with Crippen molar-refractivity contribution in [3.8, 4) is 11.5 Å². The van der Waals surface area contributed by atoms with E-state index in [1.807, 2.05) is 18.2 Å². The van der Waals surface area contributed by atoms with Gasteiger partial charge in [-0.05, 0) is 41.2 Å². The first-order valence-electron chi connectivity index (χ1n) is 6.35. The van der Waals surface area contributed by atoms with E-state index in [0.29, 0.717) is 16.7 Å². The second-order valence-electron chi connectivity index (χ2n) is 4.78. The number of aromatic nitrogens is 2. The van der Waals surface area contributed by atoms with Gasteiger partial charge in [-0.2, -0.15) is 4.98 Å². The second kappa shape index (κ2) is 7.07. The summed E-state index contributed by atoms with van der Waals surface area (Å²) >= 11 is 9.49. The molecular formula is C13H15BrCl2N4O. The fraction of sp³-hybridized carbons (Fsp3) is 0.385. The molecule has 1 unspecified atom stereocenters. The maximum absolute atomic E-state index is 6.02. The minimum absolute atomic E-state index is 0. The molecule has 2 aromatic rings. The van der Waals surface area contributed by atoms with E-state index in [2.05, 4.69) is 43.3 Å². The standard InChI is InChI=1S/C13H14BrClN4O.ClH/c1-19-5-4-16-7-11(19)12-17-13(20-18-12)9-6-8(15)2-3-10(9)14;/h2-3,6,11,16H,4-5,7H2,1H3;1H.